The van der Waals surface area contributed by atoms with Crippen LogP contribution in [-0.2, 0) is 6.42 Å². The van der Waals surface area contributed by atoms with Gasteiger partial charge in [-0.3, -0.25) is 4.79 Å². The quantitative estimate of drug-likeness (QED) is 0.815. The molecule has 0 atom stereocenters. The lowest BCUT2D eigenvalue weighted by Gasteiger charge is -2.02. The zero-order valence-electron chi connectivity index (χ0n) is 9.19. The van der Waals surface area contributed by atoms with E-state index in [2.05, 4.69) is 19.9 Å². The number of nitrogens with zero attached hydrogens (tertiary/aromatic N) is 3. The average molecular weight is 216 g/mol. The number of rotatable bonds is 2. The minimum atomic E-state index is -0.155. The highest BCUT2D eigenvalue weighted by Gasteiger charge is 2.04. The third-order valence-electron chi connectivity index (χ3n) is 2.18. The van der Waals surface area contributed by atoms with Gasteiger partial charge >= 0.3 is 0 Å². The smallest absolute Gasteiger partial charge is 0.251 e. The fourth-order valence-corrected chi connectivity index (χ4v) is 1.40. The van der Waals surface area contributed by atoms with E-state index < -0.39 is 0 Å². The number of H-pyrrole nitrogens is 1. The summed E-state index contributed by atoms with van der Waals surface area (Å²) in [6.45, 7) is 3.75. The summed E-state index contributed by atoms with van der Waals surface area (Å²) in [5.41, 5.74) is 1.24. The maximum atomic E-state index is 11.4. The molecule has 0 fully saturated rings. The minimum absolute atomic E-state index is 0.155. The summed E-state index contributed by atoms with van der Waals surface area (Å²) in [6, 6.07) is 3.22. The van der Waals surface area contributed by atoms with Crippen molar-refractivity contribution in [2.45, 2.75) is 20.3 Å². The van der Waals surface area contributed by atoms with Crippen molar-refractivity contribution >= 4 is 0 Å². The van der Waals surface area contributed by atoms with Gasteiger partial charge in [-0.1, -0.05) is 6.92 Å². The molecule has 0 spiro atoms. The Morgan fingerprint density at radius 1 is 1.38 bits per heavy atom. The first-order valence-corrected chi connectivity index (χ1v) is 5.09. The third-order valence-corrected chi connectivity index (χ3v) is 2.18. The second-order valence-corrected chi connectivity index (χ2v) is 3.43. The maximum Gasteiger partial charge on any atom is 0.251 e. The SMILES string of the molecule is CCc1cc(=O)[nH]c(-c2ccnc(C)n2)n1. The summed E-state index contributed by atoms with van der Waals surface area (Å²) in [5.74, 6) is 1.15. The van der Waals surface area contributed by atoms with Crippen molar-refractivity contribution in [3.05, 3.63) is 40.2 Å². The monoisotopic (exact) mass is 216 g/mol. The Morgan fingerprint density at radius 2 is 2.19 bits per heavy atom. The number of aryl methyl sites for hydroxylation is 2. The van der Waals surface area contributed by atoms with Gasteiger partial charge in [0.2, 0.25) is 0 Å². The molecule has 0 aliphatic carbocycles. The van der Waals surface area contributed by atoms with Gasteiger partial charge in [0.25, 0.3) is 5.56 Å². The number of hydrogen-bond donors (Lipinski definition) is 1. The van der Waals surface area contributed by atoms with E-state index in [1.165, 1.54) is 6.07 Å². The van der Waals surface area contributed by atoms with E-state index in [9.17, 15) is 4.79 Å². The van der Waals surface area contributed by atoms with Crippen molar-refractivity contribution in [2.24, 2.45) is 0 Å². The molecule has 0 saturated carbocycles. The number of nitrogens with one attached hydrogen (secondary N) is 1. The summed E-state index contributed by atoms with van der Waals surface area (Å²) in [4.78, 5) is 26.6. The first kappa shape index (κ1) is 10.5. The normalized spacial score (nSPS) is 10.4. The highest BCUT2D eigenvalue weighted by molar-refractivity contribution is 5.47. The van der Waals surface area contributed by atoms with Crippen LogP contribution >= 0.6 is 0 Å². The summed E-state index contributed by atoms with van der Waals surface area (Å²) in [7, 11) is 0. The molecule has 0 bridgehead atoms. The van der Waals surface area contributed by atoms with Crippen molar-refractivity contribution in [1.29, 1.82) is 0 Å². The van der Waals surface area contributed by atoms with Gasteiger partial charge < -0.3 is 4.98 Å². The van der Waals surface area contributed by atoms with Crippen LogP contribution in [0.15, 0.2) is 23.1 Å². The first-order chi connectivity index (χ1) is 7.69. The lowest BCUT2D eigenvalue weighted by atomic mass is 10.3. The lowest BCUT2D eigenvalue weighted by Crippen LogP contribution is -2.10. The number of aromatic amines is 1. The van der Waals surface area contributed by atoms with Gasteiger partial charge in [-0.25, -0.2) is 15.0 Å². The zero-order valence-corrected chi connectivity index (χ0v) is 9.19. The van der Waals surface area contributed by atoms with Crippen molar-refractivity contribution in [2.75, 3.05) is 0 Å². The van der Waals surface area contributed by atoms with Crippen LogP contribution in [0.3, 0.4) is 0 Å². The molecular formula is C11H12N4O. The lowest BCUT2D eigenvalue weighted by molar-refractivity contribution is 0.967. The van der Waals surface area contributed by atoms with Gasteiger partial charge in [0.05, 0.1) is 0 Å². The molecule has 0 saturated heterocycles. The van der Waals surface area contributed by atoms with Crippen LogP contribution in [0.5, 0.6) is 0 Å². The molecule has 2 heterocycles. The minimum Gasteiger partial charge on any atom is -0.305 e. The van der Waals surface area contributed by atoms with E-state index in [-0.39, 0.29) is 5.56 Å². The molecule has 0 aromatic carbocycles. The Balaban J connectivity index is 2.55. The largest absolute Gasteiger partial charge is 0.305 e. The van der Waals surface area contributed by atoms with Gasteiger partial charge in [0.1, 0.15) is 11.5 Å². The molecule has 2 aromatic rings. The molecule has 0 radical (unpaired) electrons. The molecule has 2 aromatic heterocycles. The Kier molecular flexibility index (Phi) is 2.76. The summed E-state index contributed by atoms with van der Waals surface area (Å²) in [6.07, 6.45) is 2.37. The van der Waals surface area contributed by atoms with E-state index in [4.69, 9.17) is 0 Å². The second kappa shape index (κ2) is 4.22. The van der Waals surface area contributed by atoms with Crippen molar-refractivity contribution in [1.82, 2.24) is 19.9 Å². The fraction of sp³-hybridized carbons (Fsp3) is 0.273. The molecule has 5 heteroatoms. The van der Waals surface area contributed by atoms with Crippen LogP contribution < -0.4 is 5.56 Å². The molecule has 0 aliphatic rings. The predicted octanol–water partition coefficient (Wildman–Crippen LogP) is 1.10. The van der Waals surface area contributed by atoms with Crippen molar-refractivity contribution in [3.8, 4) is 11.5 Å². The molecule has 0 amide bonds. The van der Waals surface area contributed by atoms with E-state index in [0.29, 0.717) is 17.3 Å². The highest BCUT2D eigenvalue weighted by atomic mass is 16.1. The Hall–Kier alpha value is -2.04. The Bertz CT molecular complexity index is 562. The second-order valence-electron chi connectivity index (χ2n) is 3.43. The van der Waals surface area contributed by atoms with Crippen molar-refractivity contribution in [3.63, 3.8) is 0 Å². The van der Waals surface area contributed by atoms with Crippen LogP contribution in [0.25, 0.3) is 11.5 Å². The van der Waals surface area contributed by atoms with Gasteiger partial charge in [-0.05, 0) is 19.4 Å². The third kappa shape index (κ3) is 2.13. The first-order valence-electron chi connectivity index (χ1n) is 5.09. The molecule has 16 heavy (non-hydrogen) atoms. The number of hydrogen-bond acceptors (Lipinski definition) is 4. The molecule has 2 rings (SSSR count). The van der Waals surface area contributed by atoms with E-state index in [1.807, 2.05) is 6.92 Å². The van der Waals surface area contributed by atoms with Crippen LogP contribution in [0.2, 0.25) is 0 Å². The van der Waals surface area contributed by atoms with Crippen LogP contribution in [-0.4, -0.2) is 19.9 Å². The standard InChI is InChI=1S/C11H12N4O/c1-3-8-6-10(16)15-11(14-8)9-4-5-12-7(2)13-9/h4-6H,3H2,1-2H3,(H,14,15,16). The topological polar surface area (TPSA) is 71.5 Å². The van der Waals surface area contributed by atoms with Crippen LogP contribution in [0.4, 0.5) is 0 Å². The van der Waals surface area contributed by atoms with Crippen molar-refractivity contribution < 1.29 is 0 Å². The summed E-state index contributed by atoms with van der Waals surface area (Å²) >= 11 is 0. The van der Waals surface area contributed by atoms with Gasteiger partial charge in [-0.15, -0.1) is 0 Å². The molecule has 82 valence electrons. The van der Waals surface area contributed by atoms with Crippen LogP contribution in [0, 0.1) is 6.92 Å². The van der Waals surface area contributed by atoms with Gasteiger partial charge in [0, 0.05) is 18.0 Å². The molecule has 0 aliphatic heterocycles. The Morgan fingerprint density at radius 3 is 2.88 bits per heavy atom. The molecular weight excluding hydrogens is 204 g/mol. The molecule has 1 N–H and O–H groups in total. The zero-order chi connectivity index (χ0) is 11.5. The Labute approximate surface area is 92.6 Å². The van der Waals surface area contributed by atoms with Gasteiger partial charge in [-0.2, -0.15) is 0 Å². The van der Waals surface area contributed by atoms with E-state index in [0.717, 1.165) is 12.1 Å². The fourth-order valence-electron chi connectivity index (χ4n) is 1.40. The van der Waals surface area contributed by atoms with E-state index >= 15 is 0 Å². The predicted molar refractivity (Wildman–Crippen MR) is 60.0 cm³/mol. The van der Waals surface area contributed by atoms with Gasteiger partial charge in [0.15, 0.2) is 5.82 Å². The molecule has 5 nitrogen and oxygen atoms in total. The average Bonchev–Trinajstić information content (AvgIpc) is 2.28. The summed E-state index contributed by atoms with van der Waals surface area (Å²) < 4.78 is 0. The highest BCUT2D eigenvalue weighted by Crippen LogP contribution is 2.09. The van der Waals surface area contributed by atoms with Crippen LogP contribution in [0.1, 0.15) is 18.4 Å². The maximum absolute atomic E-state index is 11.4. The number of aromatic nitrogens is 4. The van der Waals surface area contributed by atoms with E-state index in [1.54, 1.807) is 19.2 Å². The summed E-state index contributed by atoms with van der Waals surface area (Å²) in [5, 5.41) is 0. The molecule has 0 unspecified atom stereocenters.